The largest absolute Gasteiger partial charge is 0.399 e. The summed E-state index contributed by atoms with van der Waals surface area (Å²) in [4.78, 5) is 0. The summed E-state index contributed by atoms with van der Waals surface area (Å²) in [5, 5.41) is 0. The van der Waals surface area contributed by atoms with Crippen LogP contribution >= 0.6 is 0 Å². The Kier molecular flexibility index (Phi) is 2.95. The zero-order chi connectivity index (χ0) is 11.5. The van der Waals surface area contributed by atoms with Gasteiger partial charge < -0.3 is 5.73 Å². The Bertz CT molecular complexity index is 501. The molecule has 0 saturated heterocycles. The van der Waals surface area contributed by atoms with E-state index in [9.17, 15) is 0 Å². The van der Waals surface area contributed by atoms with Gasteiger partial charge in [0, 0.05) is 5.69 Å². The van der Waals surface area contributed by atoms with Crippen molar-refractivity contribution in [2.24, 2.45) is 0 Å². The summed E-state index contributed by atoms with van der Waals surface area (Å²) in [5.41, 5.74) is 11.9. The Morgan fingerprint density at radius 3 is 2.56 bits per heavy atom. The lowest BCUT2D eigenvalue weighted by Gasteiger charge is -2.07. The van der Waals surface area contributed by atoms with Crippen molar-refractivity contribution in [3.05, 3.63) is 64.7 Å². The fraction of sp³-hybridized carbons (Fsp3) is 0.200. The summed E-state index contributed by atoms with van der Waals surface area (Å²) in [6.45, 7) is 4.28. The van der Waals surface area contributed by atoms with Crippen LogP contribution in [0, 0.1) is 13.8 Å². The summed E-state index contributed by atoms with van der Waals surface area (Å²) in [7, 11) is 0. The van der Waals surface area contributed by atoms with Crippen molar-refractivity contribution < 1.29 is 0 Å². The molecule has 16 heavy (non-hydrogen) atoms. The van der Waals surface area contributed by atoms with Crippen LogP contribution in [0.15, 0.2) is 42.5 Å². The van der Waals surface area contributed by atoms with E-state index in [1.165, 1.54) is 22.3 Å². The predicted octanol–water partition coefficient (Wildman–Crippen LogP) is 3.48. The average molecular weight is 211 g/mol. The quantitative estimate of drug-likeness (QED) is 0.756. The van der Waals surface area contributed by atoms with Gasteiger partial charge in [-0.15, -0.1) is 0 Å². The van der Waals surface area contributed by atoms with E-state index in [0.29, 0.717) is 0 Å². The standard InChI is InChI=1S/C15H17N/c1-11-6-7-12(2)14(8-11)9-13-4-3-5-15(16)10-13/h3-8,10H,9,16H2,1-2H3. The SMILES string of the molecule is Cc1ccc(C)c(Cc2cccc(N)c2)c1. The molecule has 2 aromatic rings. The topological polar surface area (TPSA) is 26.0 Å². The van der Waals surface area contributed by atoms with Crippen molar-refractivity contribution in [3.63, 3.8) is 0 Å². The van der Waals surface area contributed by atoms with Gasteiger partial charge in [0.2, 0.25) is 0 Å². The van der Waals surface area contributed by atoms with Crippen LogP contribution in [0.25, 0.3) is 0 Å². The van der Waals surface area contributed by atoms with Gasteiger partial charge >= 0.3 is 0 Å². The zero-order valence-corrected chi connectivity index (χ0v) is 9.83. The zero-order valence-electron chi connectivity index (χ0n) is 9.83. The molecule has 2 aromatic carbocycles. The maximum Gasteiger partial charge on any atom is 0.0316 e. The van der Waals surface area contributed by atoms with Crippen molar-refractivity contribution >= 4 is 5.69 Å². The smallest absolute Gasteiger partial charge is 0.0316 e. The Morgan fingerprint density at radius 2 is 1.81 bits per heavy atom. The Hall–Kier alpha value is -1.76. The third-order valence-corrected chi connectivity index (χ3v) is 2.85. The molecular weight excluding hydrogens is 194 g/mol. The highest BCUT2D eigenvalue weighted by atomic mass is 14.5. The summed E-state index contributed by atoms with van der Waals surface area (Å²) in [5.74, 6) is 0. The molecule has 1 heteroatoms. The monoisotopic (exact) mass is 211 g/mol. The normalized spacial score (nSPS) is 10.4. The van der Waals surface area contributed by atoms with Crippen LogP contribution in [-0.4, -0.2) is 0 Å². The summed E-state index contributed by atoms with van der Waals surface area (Å²) in [6.07, 6.45) is 0.957. The Labute approximate surface area is 96.9 Å². The highest BCUT2D eigenvalue weighted by Crippen LogP contribution is 2.17. The second kappa shape index (κ2) is 4.40. The molecule has 0 fully saturated rings. The molecule has 2 N–H and O–H groups in total. The lowest BCUT2D eigenvalue weighted by molar-refractivity contribution is 1.15. The molecule has 1 nitrogen and oxygen atoms in total. The first-order chi connectivity index (χ1) is 7.65. The molecule has 2 rings (SSSR count). The summed E-state index contributed by atoms with van der Waals surface area (Å²) in [6, 6.07) is 14.7. The van der Waals surface area contributed by atoms with E-state index >= 15 is 0 Å². The Morgan fingerprint density at radius 1 is 1.00 bits per heavy atom. The van der Waals surface area contributed by atoms with Gasteiger partial charge in [-0.3, -0.25) is 0 Å². The van der Waals surface area contributed by atoms with E-state index in [1.807, 2.05) is 18.2 Å². The molecule has 0 aliphatic carbocycles. The minimum absolute atomic E-state index is 0.836. The molecule has 0 aromatic heterocycles. The predicted molar refractivity (Wildman–Crippen MR) is 69.6 cm³/mol. The third kappa shape index (κ3) is 2.43. The number of hydrogen-bond acceptors (Lipinski definition) is 1. The van der Waals surface area contributed by atoms with Crippen LogP contribution in [-0.2, 0) is 6.42 Å². The van der Waals surface area contributed by atoms with Gasteiger partial charge in [-0.1, -0.05) is 35.9 Å². The second-order valence-electron chi connectivity index (χ2n) is 4.35. The molecule has 82 valence electrons. The van der Waals surface area contributed by atoms with Gasteiger partial charge in [0.25, 0.3) is 0 Å². The number of benzene rings is 2. The van der Waals surface area contributed by atoms with Gasteiger partial charge in [-0.2, -0.15) is 0 Å². The van der Waals surface area contributed by atoms with E-state index in [0.717, 1.165) is 12.1 Å². The average Bonchev–Trinajstić information content (AvgIpc) is 2.24. The molecule has 0 aliphatic rings. The van der Waals surface area contributed by atoms with Gasteiger partial charge in [0.1, 0.15) is 0 Å². The van der Waals surface area contributed by atoms with E-state index in [1.54, 1.807) is 0 Å². The van der Waals surface area contributed by atoms with Gasteiger partial charge in [0.05, 0.1) is 0 Å². The lowest BCUT2D eigenvalue weighted by atomic mass is 9.98. The van der Waals surface area contributed by atoms with E-state index in [2.05, 4.69) is 38.1 Å². The van der Waals surface area contributed by atoms with Crippen molar-refractivity contribution in [2.45, 2.75) is 20.3 Å². The van der Waals surface area contributed by atoms with Gasteiger partial charge in [-0.25, -0.2) is 0 Å². The van der Waals surface area contributed by atoms with Crippen LogP contribution in [0.5, 0.6) is 0 Å². The van der Waals surface area contributed by atoms with Crippen LogP contribution in [0.1, 0.15) is 22.3 Å². The van der Waals surface area contributed by atoms with Crippen molar-refractivity contribution in [2.75, 3.05) is 5.73 Å². The molecule has 0 atom stereocenters. The molecule has 0 aliphatic heterocycles. The fourth-order valence-corrected chi connectivity index (χ4v) is 1.91. The van der Waals surface area contributed by atoms with E-state index in [-0.39, 0.29) is 0 Å². The highest BCUT2D eigenvalue weighted by molar-refractivity contribution is 5.43. The molecule has 0 spiro atoms. The van der Waals surface area contributed by atoms with E-state index < -0.39 is 0 Å². The van der Waals surface area contributed by atoms with Crippen LogP contribution in [0.4, 0.5) is 5.69 Å². The molecule has 0 amide bonds. The molecule has 0 saturated carbocycles. The van der Waals surface area contributed by atoms with Crippen molar-refractivity contribution in [1.29, 1.82) is 0 Å². The first kappa shape index (κ1) is 10.7. The van der Waals surface area contributed by atoms with Gasteiger partial charge in [0.15, 0.2) is 0 Å². The fourth-order valence-electron chi connectivity index (χ4n) is 1.91. The van der Waals surface area contributed by atoms with Crippen molar-refractivity contribution in [3.8, 4) is 0 Å². The number of aryl methyl sites for hydroxylation is 2. The maximum absolute atomic E-state index is 5.78. The molecule has 0 radical (unpaired) electrons. The number of hydrogen-bond donors (Lipinski definition) is 1. The molecule has 0 bridgehead atoms. The minimum Gasteiger partial charge on any atom is -0.399 e. The minimum atomic E-state index is 0.836. The summed E-state index contributed by atoms with van der Waals surface area (Å²) >= 11 is 0. The second-order valence-corrected chi connectivity index (χ2v) is 4.35. The third-order valence-electron chi connectivity index (χ3n) is 2.85. The van der Waals surface area contributed by atoms with Crippen LogP contribution in [0.3, 0.4) is 0 Å². The summed E-state index contributed by atoms with van der Waals surface area (Å²) < 4.78 is 0. The number of nitrogen functional groups attached to an aromatic ring is 1. The van der Waals surface area contributed by atoms with E-state index in [4.69, 9.17) is 5.73 Å². The highest BCUT2D eigenvalue weighted by Gasteiger charge is 2.01. The van der Waals surface area contributed by atoms with Crippen molar-refractivity contribution in [1.82, 2.24) is 0 Å². The number of rotatable bonds is 2. The molecule has 0 heterocycles. The number of nitrogens with two attached hydrogens (primary N) is 1. The molecular formula is C15H17N. The first-order valence-corrected chi connectivity index (χ1v) is 5.56. The van der Waals surface area contributed by atoms with Crippen LogP contribution in [0.2, 0.25) is 0 Å². The maximum atomic E-state index is 5.78. The molecule has 0 unspecified atom stereocenters. The first-order valence-electron chi connectivity index (χ1n) is 5.56. The Balaban J connectivity index is 2.30. The number of anilines is 1. The van der Waals surface area contributed by atoms with Crippen LogP contribution < -0.4 is 5.73 Å². The van der Waals surface area contributed by atoms with Gasteiger partial charge in [-0.05, 0) is 49.1 Å². The lowest BCUT2D eigenvalue weighted by Crippen LogP contribution is -1.94.